The molecule has 3 aromatic carbocycles. The number of amides is 1. The SMILES string of the molecule is NC(N)=NCCC[C@@H](O)C(=O)N[C@@H](Cc1ccc(OCc2ccccc2)cc1)C(=O)OCc1ccccc1. The number of esters is 1. The van der Waals surface area contributed by atoms with E-state index in [-0.39, 0.29) is 32.0 Å². The average Bonchev–Trinajstić information content (AvgIpc) is 2.94. The maximum atomic E-state index is 13.0. The van der Waals surface area contributed by atoms with E-state index >= 15 is 0 Å². The molecule has 0 aliphatic rings. The lowest BCUT2D eigenvalue weighted by Gasteiger charge is -2.20. The van der Waals surface area contributed by atoms with E-state index in [1.165, 1.54) is 0 Å². The third-order valence-corrected chi connectivity index (χ3v) is 5.67. The number of hydrogen-bond acceptors (Lipinski definition) is 6. The van der Waals surface area contributed by atoms with Crippen LogP contribution in [-0.2, 0) is 34.0 Å². The molecule has 3 rings (SSSR count). The van der Waals surface area contributed by atoms with Crippen molar-refractivity contribution in [3.8, 4) is 5.75 Å². The van der Waals surface area contributed by atoms with Crippen LogP contribution >= 0.6 is 0 Å². The number of carbonyl (C=O) groups excluding carboxylic acids is 2. The molecule has 3 aromatic rings. The Bertz CT molecular complexity index is 1170. The van der Waals surface area contributed by atoms with E-state index < -0.39 is 24.0 Å². The molecule has 38 heavy (non-hydrogen) atoms. The fraction of sp³-hybridized carbons (Fsp3) is 0.276. The van der Waals surface area contributed by atoms with Crippen molar-refractivity contribution < 1.29 is 24.2 Å². The van der Waals surface area contributed by atoms with Crippen molar-refractivity contribution in [1.82, 2.24) is 5.32 Å². The number of hydrogen-bond donors (Lipinski definition) is 4. The number of nitrogens with two attached hydrogens (primary N) is 2. The van der Waals surface area contributed by atoms with Crippen molar-refractivity contribution in [3.63, 3.8) is 0 Å². The average molecular weight is 519 g/mol. The summed E-state index contributed by atoms with van der Waals surface area (Å²) in [4.78, 5) is 29.4. The lowest BCUT2D eigenvalue weighted by molar-refractivity contribution is -0.150. The molecule has 0 radical (unpaired) electrons. The molecule has 0 unspecified atom stereocenters. The Balaban J connectivity index is 1.61. The van der Waals surface area contributed by atoms with Crippen LogP contribution in [0.5, 0.6) is 5.75 Å². The van der Waals surface area contributed by atoms with Crippen molar-refractivity contribution in [2.75, 3.05) is 6.54 Å². The second kappa shape index (κ2) is 15.0. The van der Waals surface area contributed by atoms with Crippen molar-refractivity contribution in [2.45, 2.75) is 44.6 Å². The van der Waals surface area contributed by atoms with E-state index in [1.807, 2.05) is 84.9 Å². The first kappa shape index (κ1) is 28.2. The number of benzene rings is 3. The summed E-state index contributed by atoms with van der Waals surface area (Å²) in [7, 11) is 0. The standard InChI is InChI=1S/C29H34N4O5/c30-29(31)32-17-7-12-26(34)27(35)33-25(28(36)38-20-23-10-5-2-6-11-23)18-21-13-15-24(16-14-21)37-19-22-8-3-1-4-9-22/h1-6,8-11,13-16,25-26,34H,7,12,17-20H2,(H,33,35)(H4,30,31,32)/t25-,26+/m0/s1. The molecule has 2 atom stereocenters. The molecule has 0 bridgehead atoms. The number of aliphatic imine (C=N–C) groups is 1. The number of nitrogens with zero attached hydrogens (tertiary/aromatic N) is 1. The first-order chi connectivity index (χ1) is 18.4. The van der Waals surface area contributed by atoms with Crippen LogP contribution in [0.15, 0.2) is 89.9 Å². The van der Waals surface area contributed by atoms with E-state index in [0.29, 0.717) is 18.8 Å². The Morgan fingerprint density at radius 2 is 1.45 bits per heavy atom. The van der Waals surface area contributed by atoms with Gasteiger partial charge in [-0.25, -0.2) is 4.79 Å². The fourth-order valence-electron chi connectivity index (χ4n) is 3.61. The van der Waals surface area contributed by atoms with Crippen molar-refractivity contribution in [1.29, 1.82) is 0 Å². The summed E-state index contributed by atoms with van der Waals surface area (Å²) in [5.41, 5.74) is 13.3. The normalized spacial score (nSPS) is 12.1. The molecular formula is C29H34N4O5. The zero-order valence-electron chi connectivity index (χ0n) is 21.2. The summed E-state index contributed by atoms with van der Waals surface area (Å²) in [6.07, 6.45) is -0.594. The summed E-state index contributed by atoms with van der Waals surface area (Å²) in [6, 6.07) is 25.4. The summed E-state index contributed by atoms with van der Waals surface area (Å²) < 4.78 is 11.3. The van der Waals surface area contributed by atoms with E-state index in [1.54, 1.807) is 0 Å². The van der Waals surface area contributed by atoms with Gasteiger partial charge in [-0.2, -0.15) is 0 Å². The predicted molar refractivity (Wildman–Crippen MR) is 145 cm³/mol. The molecule has 0 saturated heterocycles. The van der Waals surface area contributed by atoms with E-state index in [0.717, 1.165) is 16.7 Å². The molecule has 0 heterocycles. The third-order valence-electron chi connectivity index (χ3n) is 5.67. The molecule has 9 heteroatoms. The van der Waals surface area contributed by atoms with Crippen LogP contribution in [0.4, 0.5) is 0 Å². The van der Waals surface area contributed by atoms with Crippen molar-refractivity contribution in [3.05, 3.63) is 102 Å². The van der Waals surface area contributed by atoms with Crippen molar-refractivity contribution >= 4 is 17.8 Å². The number of rotatable bonds is 14. The molecule has 0 spiro atoms. The van der Waals surface area contributed by atoms with Crippen LogP contribution in [0.2, 0.25) is 0 Å². The molecule has 9 nitrogen and oxygen atoms in total. The predicted octanol–water partition coefficient (Wildman–Crippen LogP) is 2.45. The topological polar surface area (TPSA) is 149 Å². The minimum Gasteiger partial charge on any atom is -0.489 e. The van der Waals surface area contributed by atoms with Gasteiger partial charge < -0.3 is 31.4 Å². The van der Waals surface area contributed by atoms with Gasteiger partial charge in [0.25, 0.3) is 0 Å². The summed E-state index contributed by atoms with van der Waals surface area (Å²) in [6.45, 7) is 0.791. The van der Waals surface area contributed by atoms with E-state index in [4.69, 9.17) is 20.9 Å². The summed E-state index contributed by atoms with van der Waals surface area (Å²) >= 11 is 0. The largest absolute Gasteiger partial charge is 0.489 e. The van der Waals surface area contributed by atoms with Crippen LogP contribution in [0.1, 0.15) is 29.5 Å². The Morgan fingerprint density at radius 3 is 2.05 bits per heavy atom. The fourth-order valence-corrected chi connectivity index (χ4v) is 3.61. The van der Waals surface area contributed by atoms with Gasteiger partial charge >= 0.3 is 5.97 Å². The smallest absolute Gasteiger partial charge is 0.329 e. The number of carbonyl (C=O) groups is 2. The molecule has 0 aromatic heterocycles. The van der Waals surface area contributed by atoms with Crippen LogP contribution in [0.25, 0.3) is 0 Å². The molecule has 0 saturated carbocycles. The Kier molecular flexibility index (Phi) is 11.1. The Labute approximate surface area is 222 Å². The Morgan fingerprint density at radius 1 is 0.842 bits per heavy atom. The van der Waals surface area contributed by atoms with Gasteiger partial charge in [0.1, 0.15) is 31.1 Å². The molecule has 0 aliphatic heterocycles. The zero-order valence-corrected chi connectivity index (χ0v) is 21.2. The number of aliphatic hydroxyl groups excluding tert-OH is 1. The minimum absolute atomic E-state index is 0.0540. The molecule has 200 valence electrons. The van der Waals surface area contributed by atoms with Crippen LogP contribution in [0.3, 0.4) is 0 Å². The van der Waals surface area contributed by atoms with Crippen LogP contribution in [-0.4, -0.2) is 41.6 Å². The van der Waals surface area contributed by atoms with Gasteiger partial charge in [0.15, 0.2) is 5.96 Å². The molecule has 0 fully saturated rings. The molecule has 0 aliphatic carbocycles. The highest BCUT2D eigenvalue weighted by Gasteiger charge is 2.26. The third kappa shape index (κ3) is 9.94. The van der Waals surface area contributed by atoms with Gasteiger partial charge in [0.05, 0.1) is 0 Å². The number of aliphatic hydroxyl groups is 1. The van der Waals surface area contributed by atoms with Gasteiger partial charge in [-0.3, -0.25) is 9.79 Å². The molecule has 1 amide bonds. The van der Waals surface area contributed by atoms with Crippen LogP contribution < -0.4 is 21.5 Å². The highest BCUT2D eigenvalue weighted by Crippen LogP contribution is 2.16. The monoisotopic (exact) mass is 518 g/mol. The maximum absolute atomic E-state index is 13.0. The van der Waals surface area contributed by atoms with Gasteiger partial charge in [-0.15, -0.1) is 0 Å². The number of ether oxygens (including phenoxy) is 2. The summed E-state index contributed by atoms with van der Waals surface area (Å²) in [5.74, 6) is -0.638. The first-order valence-electron chi connectivity index (χ1n) is 12.4. The molecule has 6 N–H and O–H groups in total. The number of guanidine groups is 1. The lowest BCUT2D eigenvalue weighted by atomic mass is 10.0. The second-order valence-corrected chi connectivity index (χ2v) is 8.74. The lowest BCUT2D eigenvalue weighted by Crippen LogP contribution is -2.47. The van der Waals surface area contributed by atoms with E-state index in [9.17, 15) is 14.7 Å². The maximum Gasteiger partial charge on any atom is 0.329 e. The zero-order chi connectivity index (χ0) is 27.2. The van der Waals surface area contributed by atoms with E-state index in [2.05, 4.69) is 10.3 Å². The van der Waals surface area contributed by atoms with Gasteiger partial charge in [0, 0.05) is 13.0 Å². The van der Waals surface area contributed by atoms with Crippen LogP contribution in [0, 0.1) is 0 Å². The second-order valence-electron chi connectivity index (χ2n) is 8.74. The quantitative estimate of drug-likeness (QED) is 0.111. The highest BCUT2D eigenvalue weighted by molar-refractivity contribution is 5.87. The number of nitrogens with one attached hydrogen (secondary N) is 1. The molecular weight excluding hydrogens is 484 g/mol. The first-order valence-corrected chi connectivity index (χ1v) is 12.4. The minimum atomic E-state index is -1.32. The van der Waals surface area contributed by atoms with Crippen molar-refractivity contribution in [2.24, 2.45) is 16.5 Å². The van der Waals surface area contributed by atoms with Gasteiger partial charge in [-0.1, -0.05) is 72.8 Å². The van der Waals surface area contributed by atoms with Gasteiger partial charge in [-0.05, 0) is 41.7 Å². The van der Waals surface area contributed by atoms with Gasteiger partial charge in [0.2, 0.25) is 5.91 Å². The highest BCUT2D eigenvalue weighted by atomic mass is 16.5. The summed E-state index contributed by atoms with van der Waals surface area (Å²) in [5, 5.41) is 12.9. The Hall–Kier alpha value is -4.37.